The Balaban J connectivity index is 2.19. The Morgan fingerprint density at radius 1 is 1.05 bits per heavy atom. The fraction of sp³-hybridized carbons (Fsp3) is 0.200. The van der Waals surface area contributed by atoms with Gasteiger partial charge >= 0.3 is 0 Å². The molecule has 0 aliphatic rings. The van der Waals surface area contributed by atoms with Gasteiger partial charge in [-0.2, -0.15) is 0 Å². The van der Waals surface area contributed by atoms with Gasteiger partial charge in [-0.1, -0.05) is 35.9 Å². The van der Waals surface area contributed by atoms with Crippen LogP contribution in [-0.4, -0.2) is 8.42 Å². The van der Waals surface area contributed by atoms with Crippen molar-refractivity contribution >= 4 is 26.0 Å². The van der Waals surface area contributed by atoms with Crippen molar-refractivity contribution in [2.45, 2.75) is 25.3 Å². The van der Waals surface area contributed by atoms with Crippen molar-refractivity contribution in [1.82, 2.24) is 4.72 Å². The monoisotopic (exact) mass is 353 g/mol. The molecule has 0 saturated carbocycles. The van der Waals surface area contributed by atoms with Crippen LogP contribution in [0.15, 0.2) is 51.8 Å². The molecule has 0 amide bonds. The number of hydrogen-bond acceptors (Lipinski definition) is 2. The highest BCUT2D eigenvalue weighted by atomic mass is 79.9. The summed E-state index contributed by atoms with van der Waals surface area (Å²) < 4.78 is 27.8. The van der Waals surface area contributed by atoms with Crippen molar-refractivity contribution < 1.29 is 8.42 Å². The lowest BCUT2D eigenvalue weighted by molar-refractivity contribution is 0.581. The van der Waals surface area contributed by atoms with E-state index in [0.29, 0.717) is 4.47 Å². The maximum absolute atomic E-state index is 12.3. The first-order chi connectivity index (χ1) is 9.38. The first-order valence-corrected chi connectivity index (χ1v) is 8.47. The molecule has 0 bridgehead atoms. The number of aryl methyl sites for hydroxylation is 2. The summed E-state index contributed by atoms with van der Waals surface area (Å²) in [7, 11) is -3.52. The van der Waals surface area contributed by atoms with Crippen molar-refractivity contribution in [3.63, 3.8) is 0 Å². The van der Waals surface area contributed by atoms with E-state index in [-0.39, 0.29) is 11.4 Å². The molecular weight excluding hydrogens is 338 g/mol. The zero-order valence-corrected chi connectivity index (χ0v) is 13.8. The molecule has 0 aromatic heterocycles. The zero-order chi connectivity index (χ0) is 14.8. The van der Waals surface area contributed by atoms with Crippen LogP contribution in [0.2, 0.25) is 0 Å². The summed E-state index contributed by atoms with van der Waals surface area (Å²) in [5.74, 6) is 0. The van der Waals surface area contributed by atoms with Gasteiger partial charge in [-0.3, -0.25) is 0 Å². The summed E-state index contributed by atoms with van der Waals surface area (Å²) >= 11 is 3.30. The molecule has 2 rings (SSSR count). The van der Waals surface area contributed by atoms with Gasteiger partial charge in [0.05, 0.1) is 4.90 Å². The third kappa shape index (κ3) is 3.69. The first-order valence-electron chi connectivity index (χ1n) is 6.20. The Morgan fingerprint density at radius 2 is 1.75 bits per heavy atom. The zero-order valence-electron chi connectivity index (χ0n) is 11.4. The molecular formula is C15H16BrNO2S. The van der Waals surface area contributed by atoms with Gasteiger partial charge in [-0.25, -0.2) is 13.1 Å². The molecule has 20 heavy (non-hydrogen) atoms. The van der Waals surface area contributed by atoms with Crippen molar-refractivity contribution in [2.75, 3.05) is 0 Å². The Morgan fingerprint density at radius 3 is 2.40 bits per heavy atom. The maximum Gasteiger partial charge on any atom is 0.241 e. The van der Waals surface area contributed by atoms with Crippen molar-refractivity contribution in [3.8, 4) is 0 Å². The molecule has 2 aromatic rings. The molecule has 0 aliphatic carbocycles. The second-order valence-corrected chi connectivity index (χ2v) is 7.34. The van der Waals surface area contributed by atoms with Gasteiger partial charge in [0.1, 0.15) is 0 Å². The second kappa shape index (κ2) is 6.08. The summed E-state index contributed by atoms with van der Waals surface area (Å²) in [4.78, 5) is 0.260. The highest BCUT2D eigenvalue weighted by Gasteiger charge is 2.17. The summed E-state index contributed by atoms with van der Waals surface area (Å²) in [5, 5.41) is 0. The Kier molecular flexibility index (Phi) is 4.62. The molecule has 0 spiro atoms. The average Bonchev–Trinajstić information content (AvgIpc) is 2.36. The SMILES string of the molecule is Cc1cccc(CNS(=O)(=O)c2ccc(C)cc2Br)c1. The fourth-order valence-corrected chi connectivity index (χ4v) is 4.11. The molecule has 5 heteroatoms. The topological polar surface area (TPSA) is 46.2 Å². The van der Waals surface area contributed by atoms with Gasteiger partial charge in [0.2, 0.25) is 10.0 Å². The first kappa shape index (κ1) is 15.2. The third-order valence-corrected chi connectivity index (χ3v) is 5.30. The van der Waals surface area contributed by atoms with Gasteiger partial charge in [0, 0.05) is 11.0 Å². The van der Waals surface area contributed by atoms with E-state index in [2.05, 4.69) is 20.7 Å². The number of benzene rings is 2. The van der Waals surface area contributed by atoms with Crippen LogP contribution in [0, 0.1) is 13.8 Å². The predicted octanol–water partition coefficient (Wildman–Crippen LogP) is 3.54. The van der Waals surface area contributed by atoms with E-state index in [0.717, 1.165) is 16.7 Å². The van der Waals surface area contributed by atoms with Gasteiger partial charge in [-0.05, 0) is 53.0 Å². The lowest BCUT2D eigenvalue weighted by Crippen LogP contribution is -2.23. The minimum atomic E-state index is -3.52. The minimum absolute atomic E-state index is 0.260. The molecule has 0 saturated heterocycles. The van der Waals surface area contributed by atoms with E-state index in [1.165, 1.54) is 0 Å². The lowest BCUT2D eigenvalue weighted by Gasteiger charge is -2.09. The smallest absolute Gasteiger partial charge is 0.207 e. The molecule has 3 nitrogen and oxygen atoms in total. The lowest BCUT2D eigenvalue weighted by atomic mass is 10.1. The van der Waals surface area contributed by atoms with Gasteiger partial charge in [-0.15, -0.1) is 0 Å². The van der Waals surface area contributed by atoms with Crippen LogP contribution < -0.4 is 4.72 Å². The molecule has 2 aromatic carbocycles. The molecule has 0 heterocycles. The van der Waals surface area contributed by atoms with E-state index < -0.39 is 10.0 Å². The van der Waals surface area contributed by atoms with Crippen molar-refractivity contribution in [3.05, 3.63) is 63.6 Å². The van der Waals surface area contributed by atoms with Crippen LogP contribution >= 0.6 is 15.9 Å². The standard InChI is InChI=1S/C15H16BrNO2S/c1-11-4-3-5-13(8-11)10-17-20(18,19)15-7-6-12(2)9-14(15)16/h3-9,17H,10H2,1-2H3. The summed E-state index contributed by atoms with van der Waals surface area (Å²) in [6.45, 7) is 4.18. The highest BCUT2D eigenvalue weighted by molar-refractivity contribution is 9.10. The predicted molar refractivity (Wildman–Crippen MR) is 84.1 cm³/mol. The number of hydrogen-bond donors (Lipinski definition) is 1. The average molecular weight is 354 g/mol. The van der Waals surface area contributed by atoms with Crippen LogP contribution in [-0.2, 0) is 16.6 Å². The van der Waals surface area contributed by atoms with Crippen molar-refractivity contribution in [2.24, 2.45) is 0 Å². The number of sulfonamides is 1. The molecule has 0 fully saturated rings. The van der Waals surface area contributed by atoms with Crippen LogP contribution in [0.4, 0.5) is 0 Å². The Bertz CT molecular complexity index is 726. The Hall–Kier alpha value is -1.17. The molecule has 0 radical (unpaired) electrons. The number of rotatable bonds is 4. The fourth-order valence-electron chi connectivity index (χ4n) is 1.90. The molecule has 106 valence electrons. The molecule has 0 atom stereocenters. The number of halogens is 1. The minimum Gasteiger partial charge on any atom is -0.207 e. The molecule has 0 aliphatic heterocycles. The summed E-state index contributed by atoms with van der Waals surface area (Å²) in [6.07, 6.45) is 0. The third-order valence-electron chi connectivity index (χ3n) is 2.93. The molecule has 0 unspecified atom stereocenters. The van der Waals surface area contributed by atoms with Crippen LogP contribution in [0.5, 0.6) is 0 Å². The number of nitrogens with one attached hydrogen (secondary N) is 1. The van der Waals surface area contributed by atoms with Crippen LogP contribution in [0.3, 0.4) is 0 Å². The van der Waals surface area contributed by atoms with Crippen LogP contribution in [0.25, 0.3) is 0 Å². The van der Waals surface area contributed by atoms with E-state index in [4.69, 9.17) is 0 Å². The van der Waals surface area contributed by atoms with Gasteiger partial charge in [0.15, 0.2) is 0 Å². The summed E-state index contributed by atoms with van der Waals surface area (Å²) in [5.41, 5.74) is 3.06. The van der Waals surface area contributed by atoms with E-state index in [1.54, 1.807) is 18.2 Å². The van der Waals surface area contributed by atoms with Crippen LogP contribution in [0.1, 0.15) is 16.7 Å². The highest BCUT2D eigenvalue weighted by Crippen LogP contribution is 2.23. The normalized spacial score (nSPS) is 11.6. The second-order valence-electron chi connectivity index (χ2n) is 4.75. The van der Waals surface area contributed by atoms with Gasteiger partial charge in [0.25, 0.3) is 0 Å². The Labute approximate surface area is 128 Å². The van der Waals surface area contributed by atoms with E-state index >= 15 is 0 Å². The molecule has 1 N–H and O–H groups in total. The van der Waals surface area contributed by atoms with Gasteiger partial charge < -0.3 is 0 Å². The largest absolute Gasteiger partial charge is 0.241 e. The van der Waals surface area contributed by atoms with E-state index in [9.17, 15) is 8.42 Å². The maximum atomic E-state index is 12.3. The summed E-state index contributed by atoms with van der Waals surface area (Å²) in [6, 6.07) is 13.0. The quantitative estimate of drug-likeness (QED) is 0.913. The van der Waals surface area contributed by atoms with E-state index in [1.807, 2.05) is 38.1 Å². The van der Waals surface area contributed by atoms with Crippen molar-refractivity contribution in [1.29, 1.82) is 0 Å².